The van der Waals surface area contributed by atoms with Gasteiger partial charge >= 0.3 is 0 Å². The molecule has 3 nitrogen and oxygen atoms in total. The average molecular weight is 290 g/mol. The first kappa shape index (κ1) is 15.5. The summed E-state index contributed by atoms with van der Waals surface area (Å²) in [6.45, 7) is 0. The molecule has 0 spiro atoms. The molecule has 2 aromatic rings. The topological polar surface area (TPSA) is 57.9 Å². The van der Waals surface area contributed by atoms with Gasteiger partial charge in [-0.15, -0.1) is 0 Å². The van der Waals surface area contributed by atoms with E-state index >= 15 is 0 Å². The summed E-state index contributed by atoms with van der Waals surface area (Å²) in [7, 11) is 0. The van der Waals surface area contributed by atoms with E-state index in [9.17, 15) is 14.0 Å². The summed E-state index contributed by atoms with van der Waals surface area (Å²) in [5.41, 5.74) is 0.798. The molecule has 0 aliphatic heterocycles. The van der Waals surface area contributed by atoms with Gasteiger partial charge in [0, 0.05) is 5.56 Å². The molecular formula is C15H9ClFNO2. The Balaban J connectivity index is 0.000000200. The van der Waals surface area contributed by atoms with E-state index in [0.717, 1.165) is 0 Å². The van der Waals surface area contributed by atoms with Crippen LogP contribution < -0.4 is 0 Å². The van der Waals surface area contributed by atoms with E-state index in [1.54, 1.807) is 24.3 Å². The van der Waals surface area contributed by atoms with E-state index < -0.39 is 5.82 Å². The lowest BCUT2D eigenvalue weighted by Gasteiger charge is -1.94. The van der Waals surface area contributed by atoms with Crippen LogP contribution in [-0.4, -0.2) is 12.6 Å². The Morgan fingerprint density at radius 3 is 2.20 bits per heavy atom. The van der Waals surface area contributed by atoms with Crippen LogP contribution in [0.2, 0.25) is 5.02 Å². The Labute approximate surface area is 120 Å². The first-order chi connectivity index (χ1) is 9.63. The van der Waals surface area contributed by atoms with Crippen molar-refractivity contribution in [3.05, 3.63) is 70.0 Å². The van der Waals surface area contributed by atoms with Crippen LogP contribution in [0.4, 0.5) is 4.39 Å². The zero-order chi connectivity index (χ0) is 15.0. The SMILES string of the molecule is N#Cc1ccccc1C=O.O=Cc1c(F)cccc1Cl. The van der Waals surface area contributed by atoms with Gasteiger partial charge in [0.15, 0.2) is 12.6 Å². The number of aldehydes is 2. The number of nitriles is 1. The molecule has 0 N–H and O–H groups in total. The molecule has 0 aliphatic carbocycles. The summed E-state index contributed by atoms with van der Waals surface area (Å²) in [4.78, 5) is 20.4. The fourth-order valence-corrected chi connectivity index (χ4v) is 1.53. The second kappa shape index (κ2) is 7.82. The highest BCUT2D eigenvalue weighted by Crippen LogP contribution is 2.15. The highest BCUT2D eigenvalue weighted by molar-refractivity contribution is 6.32. The maximum Gasteiger partial charge on any atom is 0.154 e. The predicted molar refractivity (Wildman–Crippen MR) is 73.3 cm³/mol. The number of halogens is 2. The smallest absolute Gasteiger partial charge is 0.154 e. The van der Waals surface area contributed by atoms with Crippen molar-refractivity contribution in [3.63, 3.8) is 0 Å². The molecule has 20 heavy (non-hydrogen) atoms. The molecule has 100 valence electrons. The van der Waals surface area contributed by atoms with Crippen LogP contribution in [0, 0.1) is 17.1 Å². The van der Waals surface area contributed by atoms with Crippen molar-refractivity contribution in [2.45, 2.75) is 0 Å². The second-order valence-electron chi connectivity index (χ2n) is 3.57. The van der Waals surface area contributed by atoms with Crippen molar-refractivity contribution < 1.29 is 14.0 Å². The van der Waals surface area contributed by atoms with Gasteiger partial charge in [0.2, 0.25) is 0 Å². The quantitative estimate of drug-likeness (QED) is 0.793. The molecule has 0 heterocycles. The number of benzene rings is 2. The van der Waals surface area contributed by atoms with E-state index in [0.29, 0.717) is 23.7 Å². The first-order valence-electron chi connectivity index (χ1n) is 5.47. The zero-order valence-electron chi connectivity index (χ0n) is 10.2. The van der Waals surface area contributed by atoms with Crippen LogP contribution in [0.1, 0.15) is 26.3 Å². The number of carbonyl (C=O) groups excluding carboxylic acids is 2. The number of carbonyl (C=O) groups is 2. The normalized spacial score (nSPS) is 8.85. The molecule has 0 aromatic heterocycles. The Kier molecular flexibility index (Phi) is 6.08. The molecule has 0 radical (unpaired) electrons. The summed E-state index contributed by atoms with van der Waals surface area (Å²) in [6, 6.07) is 12.7. The molecule has 0 saturated carbocycles. The van der Waals surface area contributed by atoms with Gasteiger partial charge in [-0.2, -0.15) is 5.26 Å². The molecule has 0 amide bonds. The number of nitrogens with zero attached hydrogens (tertiary/aromatic N) is 1. The summed E-state index contributed by atoms with van der Waals surface area (Å²) in [5.74, 6) is -0.581. The van der Waals surface area contributed by atoms with Gasteiger partial charge in [-0.3, -0.25) is 9.59 Å². The van der Waals surface area contributed by atoms with Gasteiger partial charge in [-0.25, -0.2) is 4.39 Å². The van der Waals surface area contributed by atoms with Crippen LogP contribution >= 0.6 is 11.6 Å². The molecule has 0 aliphatic rings. The number of hydrogen-bond acceptors (Lipinski definition) is 3. The van der Waals surface area contributed by atoms with E-state index in [-0.39, 0.29) is 10.6 Å². The third kappa shape index (κ3) is 4.01. The number of hydrogen-bond donors (Lipinski definition) is 0. The summed E-state index contributed by atoms with van der Waals surface area (Å²) in [6.07, 6.45) is 1.08. The van der Waals surface area contributed by atoms with E-state index in [4.69, 9.17) is 16.9 Å². The minimum Gasteiger partial charge on any atom is -0.298 e. The number of rotatable bonds is 2. The van der Waals surface area contributed by atoms with Gasteiger partial charge in [-0.05, 0) is 18.2 Å². The van der Waals surface area contributed by atoms with E-state index in [1.165, 1.54) is 18.2 Å². The lowest BCUT2D eigenvalue weighted by atomic mass is 10.1. The largest absolute Gasteiger partial charge is 0.298 e. The first-order valence-corrected chi connectivity index (χ1v) is 5.85. The van der Waals surface area contributed by atoms with Crippen molar-refractivity contribution in [2.24, 2.45) is 0 Å². The second-order valence-corrected chi connectivity index (χ2v) is 3.98. The molecule has 5 heteroatoms. The monoisotopic (exact) mass is 289 g/mol. The van der Waals surface area contributed by atoms with Crippen molar-refractivity contribution in [3.8, 4) is 6.07 Å². The fourth-order valence-electron chi connectivity index (χ4n) is 1.32. The lowest BCUT2D eigenvalue weighted by Crippen LogP contribution is -1.86. The molecule has 0 bridgehead atoms. The van der Waals surface area contributed by atoms with Crippen molar-refractivity contribution in [1.29, 1.82) is 5.26 Å². The summed E-state index contributed by atoms with van der Waals surface area (Å²) < 4.78 is 12.5. The van der Waals surface area contributed by atoms with E-state index in [1.807, 2.05) is 6.07 Å². The highest BCUT2D eigenvalue weighted by Gasteiger charge is 2.03. The van der Waals surface area contributed by atoms with Crippen LogP contribution in [-0.2, 0) is 0 Å². The summed E-state index contributed by atoms with van der Waals surface area (Å²) >= 11 is 5.46. The molecule has 0 fully saturated rings. The molecule has 0 unspecified atom stereocenters. The standard InChI is InChI=1S/C8H5NO.C7H4ClFO/c9-5-7-3-1-2-4-8(7)6-10;8-6-2-1-3-7(9)5(6)4-10/h1-4,6H;1-4H. The summed E-state index contributed by atoms with van der Waals surface area (Å²) in [5, 5.41) is 8.59. The Morgan fingerprint density at radius 1 is 1.05 bits per heavy atom. The van der Waals surface area contributed by atoms with Crippen LogP contribution in [0.5, 0.6) is 0 Å². The van der Waals surface area contributed by atoms with Gasteiger partial charge in [0.1, 0.15) is 5.82 Å². The van der Waals surface area contributed by atoms with Gasteiger partial charge in [0.05, 0.1) is 22.2 Å². The van der Waals surface area contributed by atoms with Crippen molar-refractivity contribution >= 4 is 24.2 Å². The highest BCUT2D eigenvalue weighted by atomic mass is 35.5. The zero-order valence-corrected chi connectivity index (χ0v) is 11.0. The molecule has 2 aromatic carbocycles. The minimum atomic E-state index is -0.581. The average Bonchev–Trinajstić information content (AvgIpc) is 2.48. The third-order valence-corrected chi connectivity index (χ3v) is 2.66. The minimum absolute atomic E-state index is 0.0795. The fraction of sp³-hybridized carbons (Fsp3) is 0. The molecule has 2 rings (SSSR count). The van der Waals surface area contributed by atoms with Crippen LogP contribution in [0.3, 0.4) is 0 Å². The Morgan fingerprint density at radius 2 is 1.75 bits per heavy atom. The van der Waals surface area contributed by atoms with Crippen molar-refractivity contribution in [1.82, 2.24) is 0 Å². The van der Waals surface area contributed by atoms with Crippen LogP contribution in [0.25, 0.3) is 0 Å². The molecule has 0 atom stereocenters. The maximum absolute atomic E-state index is 12.5. The molecular weight excluding hydrogens is 281 g/mol. The van der Waals surface area contributed by atoms with Gasteiger partial charge < -0.3 is 0 Å². The Hall–Kier alpha value is -2.51. The van der Waals surface area contributed by atoms with Gasteiger partial charge in [0.25, 0.3) is 0 Å². The van der Waals surface area contributed by atoms with E-state index in [2.05, 4.69) is 0 Å². The van der Waals surface area contributed by atoms with Crippen LogP contribution in [0.15, 0.2) is 42.5 Å². The maximum atomic E-state index is 12.5. The molecule has 0 saturated heterocycles. The van der Waals surface area contributed by atoms with Crippen molar-refractivity contribution in [2.75, 3.05) is 0 Å². The van der Waals surface area contributed by atoms with Gasteiger partial charge in [-0.1, -0.05) is 35.9 Å². The lowest BCUT2D eigenvalue weighted by molar-refractivity contribution is 0.111. The third-order valence-electron chi connectivity index (χ3n) is 2.33. The Bertz CT molecular complexity index is 645. The predicted octanol–water partition coefficient (Wildman–Crippen LogP) is 3.66.